The fraction of sp³-hybridized carbons (Fsp3) is 0.529. The Bertz CT molecular complexity index is 1330. The fourth-order valence-corrected chi connectivity index (χ4v) is 7.75. The number of aromatic amines is 1. The smallest absolute Gasteiger partial charge is 0.321 e. The van der Waals surface area contributed by atoms with E-state index in [1.165, 1.54) is 18.2 Å². The number of nitrogens with one attached hydrogen (secondary N) is 1. The highest BCUT2D eigenvalue weighted by atomic mass is 19.1. The van der Waals surface area contributed by atoms with Gasteiger partial charge >= 0.3 is 5.97 Å². The van der Waals surface area contributed by atoms with Crippen LogP contribution in [0.1, 0.15) is 68.0 Å². The second-order valence-electron chi connectivity index (χ2n) is 12.6. The number of aromatic nitrogens is 2. The quantitative estimate of drug-likeness (QED) is 0.319. The molecule has 42 heavy (non-hydrogen) atoms. The summed E-state index contributed by atoms with van der Waals surface area (Å²) in [7, 11) is 1.67. The maximum absolute atomic E-state index is 14.3. The molecule has 0 amide bonds. The lowest BCUT2D eigenvalue weighted by Crippen LogP contribution is -2.46. The van der Waals surface area contributed by atoms with Crippen LogP contribution in [0.2, 0.25) is 0 Å². The third-order valence-corrected chi connectivity index (χ3v) is 9.99. The summed E-state index contributed by atoms with van der Waals surface area (Å²) in [6.45, 7) is 4.31. The van der Waals surface area contributed by atoms with Crippen LogP contribution in [0.5, 0.6) is 5.75 Å². The normalized spacial score (nSPS) is 23.7. The lowest BCUT2D eigenvalue weighted by molar-refractivity contribution is -0.145. The highest BCUT2D eigenvalue weighted by Crippen LogP contribution is 2.39. The molecule has 224 valence electrons. The monoisotopic (exact) mass is 574 g/mol. The highest BCUT2D eigenvalue weighted by Gasteiger charge is 2.43. The molecule has 7 nitrogen and oxygen atoms in total. The average molecular weight is 575 g/mol. The predicted octanol–water partition coefficient (Wildman–Crippen LogP) is 6.15. The first kappa shape index (κ1) is 28.9. The van der Waals surface area contributed by atoms with Crippen LogP contribution in [-0.2, 0) is 4.79 Å². The summed E-state index contributed by atoms with van der Waals surface area (Å²) in [5.74, 6) is 0.945. The zero-order valence-corrected chi connectivity index (χ0v) is 24.6. The Morgan fingerprint density at radius 3 is 2.50 bits per heavy atom. The van der Waals surface area contributed by atoms with E-state index >= 15 is 0 Å². The topological polar surface area (TPSA) is 81.7 Å². The standard InChI is InChI=1S/C34H43FN4O3/c1-42-29-12-10-23(11-13-29)31-19-32(37-36-31)24-14-16-38(17-15-24)20-27-21-39(22-30(27)26-8-5-9-28(35)18-26)33(34(40)41)25-6-3-2-4-7-25/h5,8-13,18-19,24-25,27,30,33H,2-4,6-7,14-17,20-22H2,1H3,(H,36,37)(H,40,41)/t27-,30+,33+/m0/s1. The molecular weight excluding hydrogens is 531 g/mol. The first-order valence-corrected chi connectivity index (χ1v) is 15.6. The van der Waals surface area contributed by atoms with Crippen LogP contribution in [0.25, 0.3) is 11.3 Å². The molecule has 3 fully saturated rings. The minimum absolute atomic E-state index is 0.128. The molecule has 3 aromatic rings. The molecule has 3 atom stereocenters. The fourth-order valence-electron chi connectivity index (χ4n) is 7.75. The number of halogens is 1. The van der Waals surface area contributed by atoms with Crippen LogP contribution < -0.4 is 4.74 Å². The molecule has 1 aromatic heterocycles. The number of benzene rings is 2. The molecular formula is C34H43FN4O3. The molecule has 2 saturated heterocycles. The van der Waals surface area contributed by atoms with Crippen molar-refractivity contribution in [3.63, 3.8) is 0 Å². The van der Waals surface area contributed by atoms with Gasteiger partial charge in [-0.3, -0.25) is 14.8 Å². The van der Waals surface area contributed by atoms with Gasteiger partial charge in [0.1, 0.15) is 17.6 Å². The van der Waals surface area contributed by atoms with E-state index in [9.17, 15) is 14.3 Å². The maximum Gasteiger partial charge on any atom is 0.321 e. The number of carboxylic acid groups (broad SMARTS) is 1. The van der Waals surface area contributed by atoms with Crippen molar-refractivity contribution in [1.29, 1.82) is 0 Å². The van der Waals surface area contributed by atoms with E-state index in [0.717, 1.165) is 87.3 Å². The summed E-state index contributed by atoms with van der Waals surface area (Å²) in [6.07, 6.45) is 7.51. The number of ether oxygens (including phenoxy) is 1. The molecule has 0 unspecified atom stereocenters. The minimum atomic E-state index is -0.699. The van der Waals surface area contributed by atoms with Crippen LogP contribution in [0.4, 0.5) is 4.39 Å². The third-order valence-electron chi connectivity index (χ3n) is 9.99. The van der Waals surface area contributed by atoms with E-state index in [1.807, 2.05) is 30.3 Å². The molecule has 0 bridgehead atoms. The number of nitrogens with zero attached hydrogens (tertiary/aromatic N) is 3. The van der Waals surface area contributed by atoms with Gasteiger partial charge in [0.05, 0.1) is 12.8 Å². The van der Waals surface area contributed by atoms with Gasteiger partial charge in [0.15, 0.2) is 0 Å². The number of rotatable bonds is 9. The van der Waals surface area contributed by atoms with E-state index in [2.05, 4.69) is 26.1 Å². The number of hydrogen-bond donors (Lipinski definition) is 2. The molecule has 2 aromatic carbocycles. The van der Waals surface area contributed by atoms with Gasteiger partial charge in [-0.05, 0) is 98.6 Å². The number of methoxy groups -OCH3 is 1. The molecule has 2 aliphatic heterocycles. The number of carboxylic acids is 1. The second kappa shape index (κ2) is 13.0. The van der Waals surface area contributed by atoms with E-state index in [1.54, 1.807) is 19.2 Å². The molecule has 1 aliphatic carbocycles. The first-order chi connectivity index (χ1) is 20.5. The minimum Gasteiger partial charge on any atom is -0.497 e. The van der Waals surface area contributed by atoms with Crippen LogP contribution in [0.3, 0.4) is 0 Å². The van der Waals surface area contributed by atoms with Crippen molar-refractivity contribution in [2.75, 3.05) is 39.8 Å². The molecule has 3 heterocycles. The summed E-state index contributed by atoms with van der Waals surface area (Å²) in [4.78, 5) is 17.3. The van der Waals surface area contributed by atoms with Crippen molar-refractivity contribution in [2.45, 2.75) is 62.8 Å². The van der Waals surface area contributed by atoms with Gasteiger partial charge in [-0.1, -0.05) is 31.4 Å². The summed E-state index contributed by atoms with van der Waals surface area (Å²) in [5, 5.41) is 18.2. The van der Waals surface area contributed by atoms with Gasteiger partial charge in [-0.2, -0.15) is 5.10 Å². The molecule has 6 rings (SSSR count). The molecule has 1 saturated carbocycles. The molecule has 8 heteroatoms. The van der Waals surface area contributed by atoms with Crippen molar-refractivity contribution in [2.24, 2.45) is 11.8 Å². The maximum atomic E-state index is 14.3. The summed E-state index contributed by atoms with van der Waals surface area (Å²) in [6, 6.07) is 16.7. The van der Waals surface area contributed by atoms with Crippen molar-refractivity contribution in [3.8, 4) is 17.0 Å². The molecule has 2 N–H and O–H groups in total. The van der Waals surface area contributed by atoms with Crippen molar-refractivity contribution >= 4 is 5.97 Å². The van der Waals surface area contributed by atoms with E-state index in [0.29, 0.717) is 12.5 Å². The number of piperidine rings is 1. The van der Waals surface area contributed by atoms with Crippen LogP contribution in [-0.4, -0.2) is 76.9 Å². The van der Waals surface area contributed by atoms with Crippen LogP contribution in [0.15, 0.2) is 54.6 Å². The van der Waals surface area contributed by atoms with E-state index < -0.39 is 12.0 Å². The van der Waals surface area contributed by atoms with Gasteiger partial charge in [0, 0.05) is 42.7 Å². The lowest BCUT2D eigenvalue weighted by atomic mass is 9.83. The molecule has 0 spiro atoms. The Hall–Kier alpha value is -3.23. The van der Waals surface area contributed by atoms with E-state index in [-0.39, 0.29) is 23.6 Å². The van der Waals surface area contributed by atoms with Crippen molar-refractivity contribution in [3.05, 3.63) is 71.7 Å². The molecule has 3 aliphatic rings. The van der Waals surface area contributed by atoms with Gasteiger partial charge in [-0.25, -0.2) is 4.39 Å². The zero-order chi connectivity index (χ0) is 29.1. The van der Waals surface area contributed by atoms with Crippen molar-refractivity contribution < 1.29 is 19.0 Å². The van der Waals surface area contributed by atoms with Crippen molar-refractivity contribution in [1.82, 2.24) is 20.0 Å². The highest BCUT2D eigenvalue weighted by molar-refractivity contribution is 5.74. The SMILES string of the molecule is COc1ccc(-c2cc(C3CCN(C[C@H]4CN([C@@H](C(=O)O)C5CCCCC5)C[C@@H]4c4cccc(F)c4)CC3)[nH]n2)cc1. The first-order valence-electron chi connectivity index (χ1n) is 15.6. The number of carbonyl (C=O) groups is 1. The number of likely N-dealkylation sites (tertiary alicyclic amines) is 2. The zero-order valence-electron chi connectivity index (χ0n) is 24.6. The number of hydrogen-bond acceptors (Lipinski definition) is 5. The second-order valence-corrected chi connectivity index (χ2v) is 12.6. The summed E-state index contributed by atoms with van der Waals surface area (Å²) < 4.78 is 19.6. The Morgan fingerprint density at radius 1 is 1.05 bits per heavy atom. The summed E-state index contributed by atoms with van der Waals surface area (Å²) >= 11 is 0. The Morgan fingerprint density at radius 2 is 1.81 bits per heavy atom. The van der Waals surface area contributed by atoms with E-state index in [4.69, 9.17) is 4.74 Å². The van der Waals surface area contributed by atoms with Gasteiger partial charge in [-0.15, -0.1) is 0 Å². The molecule has 0 radical (unpaired) electrons. The summed E-state index contributed by atoms with van der Waals surface area (Å²) in [5.41, 5.74) is 4.19. The Labute approximate surface area is 248 Å². The van der Waals surface area contributed by atoms with Crippen LogP contribution in [0, 0.1) is 17.7 Å². The van der Waals surface area contributed by atoms with Gasteiger partial charge in [0.25, 0.3) is 0 Å². The predicted molar refractivity (Wildman–Crippen MR) is 161 cm³/mol. The van der Waals surface area contributed by atoms with Gasteiger partial charge < -0.3 is 14.7 Å². The largest absolute Gasteiger partial charge is 0.497 e. The number of H-pyrrole nitrogens is 1. The average Bonchev–Trinajstić information content (AvgIpc) is 3.66. The Balaban J connectivity index is 1.12. The van der Waals surface area contributed by atoms with Gasteiger partial charge in [0.2, 0.25) is 0 Å². The Kier molecular flexibility index (Phi) is 8.91. The lowest BCUT2D eigenvalue weighted by Gasteiger charge is -2.35. The van der Waals surface area contributed by atoms with Crippen LogP contribution >= 0.6 is 0 Å². The number of aliphatic carboxylic acids is 1. The third kappa shape index (κ3) is 6.40.